The van der Waals surface area contributed by atoms with Crippen LogP contribution in [-0.2, 0) is 12.8 Å². The molecule has 0 saturated heterocycles. The summed E-state index contributed by atoms with van der Waals surface area (Å²) in [6.45, 7) is 2.24. The van der Waals surface area contributed by atoms with Crippen molar-refractivity contribution in [3.63, 3.8) is 0 Å². The van der Waals surface area contributed by atoms with E-state index in [-0.39, 0.29) is 0 Å². The third-order valence-electron chi connectivity index (χ3n) is 3.10. The van der Waals surface area contributed by atoms with Crippen molar-refractivity contribution in [1.82, 2.24) is 5.32 Å². The Morgan fingerprint density at radius 1 is 1.46 bits per heavy atom. The maximum absolute atomic E-state index is 3.37. The van der Waals surface area contributed by atoms with Gasteiger partial charge in [0, 0.05) is 6.04 Å². The first kappa shape index (κ1) is 8.76. The second-order valence-corrected chi connectivity index (χ2v) is 3.72. The Morgan fingerprint density at radius 3 is 3.00 bits per heavy atom. The van der Waals surface area contributed by atoms with Crippen molar-refractivity contribution >= 4 is 0 Å². The molecule has 1 atom stereocenters. The molecule has 1 heteroatoms. The van der Waals surface area contributed by atoms with Crippen LogP contribution < -0.4 is 5.32 Å². The Bertz CT molecular complexity index is 304. The number of hydrogen-bond donors (Lipinski definition) is 1. The van der Waals surface area contributed by atoms with Gasteiger partial charge in [0.15, 0.2) is 0 Å². The normalized spacial score (nSPS) is 20.3. The molecule has 0 saturated carbocycles. The van der Waals surface area contributed by atoms with Crippen molar-refractivity contribution in [2.45, 2.75) is 32.2 Å². The SMILES string of the molecule is CCc1cccc2c1CCC2NC. The monoisotopic (exact) mass is 175 g/mol. The maximum Gasteiger partial charge on any atom is 0.0323 e. The van der Waals surface area contributed by atoms with Crippen molar-refractivity contribution in [3.05, 3.63) is 34.9 Å². The van der Waals surface area contributed by atoms with Gasteiger partial charge in [0.1, 0.15) is 0 Å². The topological polar surface area (TPSA) is 12.0 Å². The van der Waals surface area contributed by atoms with E-state index in [1.54, 1.807) is 5.56 Å². The number of aryl methyl sites for hydroxylation is 1. The van der Waals surface area contributed by atoms with Gasteiger partial charge in [-0.05, 0) is 43.0 Å². The Hall–Kier alpha value is -0.820. The van der Waals surface area contributed by atoms with Gasteiger partial charge in [-0.2, -0.15) is 0 Å². The molecule has 0 bridgehead atoms. The summed E-state index contributed by atoms with van der Waals surface area (Å²) in [6, 6.07) is 7.31. The summed E-state index contributed by atoms with van der Waals surface area (Å²) in [5, 5.41) is 3.37. The molecule has 1 unspecified atom stereocenters. The van der Waals surface area contributed by atoms with E-state index in [0.717, 1.165) is 0 Å². The van der Waals surface area contributed by atoms with Crippen LogP contribution in [-0.4, -0.2) is 7.05 Å². The van der Waals surface area contributed by atoms with Gasteiger partial charge in [0.25, 0.3) is 0 Å². The first-order chi connectivity index (χ1) is 6.36. The van der Waals surface area contributed by atoms with E-state index in [0.29, 0.717) is 6.04 Å². The predicted octanol–water partition coefficient (Wildman–Crippen LogP) is 2.46. The summed E-state index contributed by atoms with van der Waals surface area (Å²) in [6.07, 6.45) is 3.69. The van der Waals surface area contributed by atoms with Gasteiger partial charge in [-0.1, -0.05) is 25.1 Å². The fourth-order valence-corrected chi connectivity index (χ4v) is 2.36. The smallest absolute Gasteiger partial charge is 0.0323 e. The molecule has 2 rings (SSSR count). The van der Waals surface area contributed by atoms with Crippen LogP contribution in [0.1, 0.15) is 36.1 Å². The average Bonchev–Trinajstić information content (AvgIpc) is 2.60. The predicted molar refractivity (Wildman–Crippen MR) is 55.9 cm³/mol. The van der Waals surface area contributed by atoms with Gasteiger partial charge in [0.05, 0.1) is 0 Å². The number of nitrogens with one attached hydrogen (secondary N) is 1. The number of hydrogen-bond acceptors (Lipinski definition) is 1. The number of benzene rings is 1. The van der Waals surface area contributed by atoms with Crippen molar-refractivity contribution in [1.29, 1.82) is 0 Å². The molecule has 0 spiro atoms. The van der Waals surface area contributed by atoms with Crippen LogP contribution in [0.4, 0.5) is 0 Å². The van der Waals surface area contributed by atoms with Crippen LogP contribution in [0.25, 0.3) is 0 Å². The van der Waals surface area contributed by atoms with E-state index in [1.165, 1.54) is 30.4 Å². The molecule has 1 aliphatic carbocycles. The molecule has 0 radical (unpaired) electrons. The van der Waals surface area contributed by atoms with Crippen LogP contribution in [0.5, 0.6) is 0 Å². The molecular formula is C12H17N. The van der Waals surface area contributed by atoms with Crippen molar-refractivity contribution < 1.29 is 0 Å². The zero-order valence-electron chi connectivity index (χ0n) is 8.43. The third-order valence-corrected chi connectivity index (χ3v) is 3.10. The zero-order valence-corrected chi connectivity index (χ0v) is 8.43. The molecule has 0 aliphatic heterocycles. The highest BCUT2D eigenvalue weighted by molar-refractivity contribution is 5.40. The summed E-state index contributed by atoms with van der Waals surface area (Å²) in [5.41, 5.74) is 4.67. The number of fused-ring (bicyclic) bond motifs is 1. The summed E-state index contributed by atoms with van der Waals surface area (Å²) in [5.74, 6) is 0. The van der Waals surface area contributed by atoms with Gasteiger partial charge >= 0.3 is 0 Å². The Kier molecular flexibility index (Phi) is 2.36. The Labute approximate surface area is 80.2 Å². The zero-order chi connectivity index (χ0) is 9.26. The molecule has 1 aromatic carbocycles. The largest absolute Gasteiger partial charge is 0.313 e. The van der Waals surface area contributed by atoms with Gasteiger partial charge in [-0.25, -0.2) is 0 Å². The van der Waals surface area contributed by atoms with E-state index in [1.807, 2.05) is 0 Å². The van der Waals surface area contributed by atoms with Crippen molar-refractivity contribution in [3.8, 4) is 0 Å². The van der Waals surface area contributed by atoms with Gasteiger partial charge in [-0.3, -0.25) is 0 Å². The third kappa shape index (κ3) is 1.37. The molecule has 0 amide bonds. The lowest BCUT2D eigenvalue weighted by Gasteiger charge is -2.10. The van der Waals surface area contributed by atoms with E-state index >= 15 is 0 Å². The molecular weight excluding hydrogens is 158 g/mol. The summed E-state index contributed by atoms with van der Waals surface area (Å²) in [4.78, 5) is 0. The van der Waals surface area contributed by atoms with E-state index < -0.39 is 0 Å². The standard InChI is InChI=1S/C12H17N/c1-3-9-5-4-6-11-10(9)7-8-12(11)13-2/h4-6,12-13H,3,7-8H2,1-2H3. The minimum atomic E-state index is 0.599. The lowest BCUT2D eigenvalue weighted by Crippen LogP contribution is -2.12. The van der Waals surface area contributed by atoms with E-state index in [9.17, 15) is 0 Å². The second kappa shape index (κ2) is 3.51. The molecule has 1 aromatic rings. The van der Waals surface area contributed by atoms with Gasteiger partial charge in [-0.15, -0.1) is 0 Å². The summed E-state index contributed by atoms with van der Waals surface area (Å²) in [7, 11) is 2.05. The average molecular weight is 175 g/mol. The van der Waals surface area contributed by atoms with E-state index in [4.69, 9.17) is 0 Å². The second-order valence-electron chi connectivity index (χ2n) is 3.72. The molecule has 0 heterocycles. The molecule has 1 N–H and O–H groups in total. The molecule has 1 nitrogen and oxygen atoms in total. The quantitative estimate of drug-likeness (QED) is 0.728. The number of rotatable bonds is 2. The summed E-state index contributed by atoms with van der Waals surface area (Å²) >= 11 is 0. The van der Waals surface area contributed by atoms with E-state index in [2.05, 4.69) is 37.5 Å². The fourth-order valence-electron chi connectivity index (χ4n) is 2.36. The van der Waals surface area contributed by atoms with Crippen LogP contribution in [0.15, 0.2) is 18.2 Å². The highest BCUT2D eigenvalue weighted by Crippen LogP contribution is 2.32. The van der Waals surface area contributed by atoms with Crippen LogP contribution in [0.3, 0.4) is 0 Å². The van der Waals surface area contributed by atoms with Crippen LogP contribution in [0, 0.1) is 0 Å². The van der Waals surface area contributed by atoms with Crippen LogP contribution >= 0.6 is 0 Å². The Morgan fingerprint density at radius 2 is 2.31 bits per heavy atom. The van der Waals surface area contributed by atoms with Crippen molar-refractivity contribution in [2.75, 3.05) is 7.05 Å². The van der Waals surface area contributed by atoms with Gasteiger partial charge in [0.2, 0.25) is 0 Å². The van der Waals surface area contributed by atoms with Gasteiger partial charge < -0.3 is 5.32 Å². The highest BCUT2D eigenvalue weighted by atomic mass is 14.9. The first-order valence-corrected chi connectivity index (χ1v) is 5.14. The maximum atomic E-state index is 3.37. The lowest BCUT2D eigenvalue weighted by molar-refractivity contribution is 0.590. The molecule has 70 valence electrons. The first-order valence-electron chi connectivity index (χ1n) is 5.14. The van der Waals surface area contributed by atoms with Crippen molar-refractivity contribution in [2.24, 2.45) is 0 Å². The lowest BCUT2D eigenvalue weighted by atomic mass is 10.0. The Balaban J connectivity index is 2.43. The molecule has 0 fully saturated rings. The highest BCUT2D eigenvalue weighted by Gasteiger charge is 2.21. The summed E-state index contributed by atoms with van der Waals surface area (Å²) < 4.78 is 0. The fraction of sp³-hybridized carbons (Fsp3) is 0.500. The molecule has 13 heavy (non-hydrogen) atoms. The molecule has 1 aliphatic rings. The minimum absolute atomic E-state index is 0.599. The molecule has 0 aromatic heterocycles. The van der Waals surface area contributed by atoms with Crippen LogP contribution in [0.2, 0.25) is 0 Å². The minimum Gasteiger partial charge on any atom is -0.313 e.